The van der Waals surface area contributed by atoms with E-state index in [4.69, 9.17) is 4.74 Å². The fourth-order valence-electron chi connectivity index (χ4n) is 3.08. The Morgan fingerprint density at radius 3 is 2.87 bits per heavy atom. The van der Waals surface area contributed by atoms with Crippen molar-refractivity contribution < 1.29 is 14.3 Å². The molecule has 1 aliphatic heterocycles. The Morgan fingerprint density at radius 2 is 2.13 bits per heavy atom. The third kappa shape index (κ3) is 5.25. The van der Waals surface area contributed by atoms with E-state index < -0.39 is 6.03 Å². The van der Waals surface area contributed by atoms with E-state index in [9.17, 15) is 9.59 Å². The molecule has 0 spiro atoms. The third-order valence-corrected chi connectivity index (χ3v) is 4.15. The molecule has 1 fully saturated rings. The second-order valence-corrected chi connectivity index (χ2v) is 5.89. The van der Waals surface area contributed by atoms with Crippen molar-refractivity contribution in [2.75, 3.05) is 33.8 Å². The van der Waals surface area contributed by atoms with Crippen LogP contribution in [0.3, 0.4) is 0 Å². The second-order valence-electron chi connectivity index (χ2n) is 5.89. The lowest BCUT2D eigenvalue weighted by molar-refractivity contribution is -0.121. The van der Waals surface area contributed by atoms with Gasteiger partial charge in [0, 0.05) is 13.6 Å². The summed E-state index contributed by atoms with van der Waals surface area (Å²) in [6.07, 6.45) is 3.15. The van der Waals surface area contributed by atoms with Crippen LogP contribution in [0.4, 0.5) is 4.79 Å². The number of imide groups is 1. The summed E-state index contributed by atoms with van der Waals surface area (Å²) in [6.45, 7) is 2.01. The van der Waals surface area contributed by atoms with Gasteiger partial charge < -0.3 is 10.1 Å². The van der Waals surface area contributed by atoms with E-state index in [0.29, 0.717) is 5.92 Å². The minimum atomic E-state index is -0.461. The zero-order valence-electron chi connectivity index (χ0n) is 13.8. The highest BCUT2D eigenvalue weighted by atomic mass is 16.5. The van der Waals surface area contributed by atoms with Crippen LogP contribution in [0.15, 0.2) is 24.3 Å². The number of hydrogen-bond donors (Lipinski definition) is 2. The van der Waals surface area contributed by atoms with Crippen molar-refractivity contribution in [3.8, 4) is 5.75 Å². The lowest BCUT2D eigenvalue weighted by Crippen LogP contribution is -2.46. The van der Waals surface area contributed by atoms with E-state index in [-0.39, 0.29) is 12.5 Å². The molecule has 0 saturated carbocycles. The van der Waals surface area contributed by atoms with Crippen molar-refractivity contribution in [1.29, 1.82) is 0 Å². The Hall–Kier alpha value is -2.08. The highest BCUT2D eigenvalue weighted by molar-refractivity contribution is 5.95. The molecule has 1 heterocycles. The Kier molecular flexibility index (Phi) is 6.40. The second kappa shape index (κ2) is 8.53. The van der Waals surface area contributed by atoms with Crippen molar-refractivity contribution in [3.63, 3.8) is 0 Å². The number of para-hydroxylation sites is 1. The van der Waals surface area contributed by atoms with Gasteiger partial charge in [-0.15, -0.1) is 0 Å². The highest BCUT2D eigenvalue weighted by Gasteiger charge is 2.23. The SMILES string of the molecule is CNC(=O)NC(=O)CN1CCC[C@H](Cc2ccccc2OC)C1. The van der Waals surface area contributed by atoms with Crippen LogP contribution < -0.4 is 15.4 Å². The Bertz CT molecular complexity index is 548. The van der Waals surface area contributed by atoms with Crippen LogP contribution in [0.1, 0.15) is 18.4 Å². The summed E-state index contributed by atoms with van der Waals surface area (Å²) >= 11 is 0. The maximum atomic E-state index is 11.8. The summed E-state index contributed by atoms with van der Waals surface area (Å²) in [6, 6.07) is 7.61. The van der Waals surface area contributed by atoms with Crippen LogP contribution in [-0.2, 0) is 11.2 Å². The predicted octanol–water partition coefficient (Wildman–Crippen LogP) is 1.41. The molecular formula is C17H25N3O3. The van der Waals surface area contributed by atoms with Crippen LogP contribution in [0.2, 0.25) is 0 Å². The summed E-state index contributed by atoms with van der Waals surface area (Å²) in [5, 5.41) is 4.69. The maximum absolute atomic E-state index is 11.8. The van der Waals surface area contributed by atoms with Gasteiger partial charge in [0.25, 0.3) is 0 Å². The molecule has 23 heavy (non-hydrogen) atoms. The van der Waals surface area contributed by atoms with Crippen molar-refractivity contribution in [2.45, 2.75) is 19.3 Å². The number of piperidine rings is 1. The van der Waals surface area contributed by atoms with Gasteiger partial charge in [0.05, 0.1) is 13.7 Å². The Morgan fingerprint density at radius 1 is 1.35 bits per heavy atom. The molecule has 1 aromatic carbocycles. The summed E-state index contributed by atoms with van der Waals surface area (Å²) < 4.78 is 5.41. The summed E-state index contributed by atoms with van der Waals surface area (Å²) in [4.78, 5) is 25.1. The fraction of sp³-hybridized carbons (Fsp3) is 0.529. The lowest BCUT2D eigenvalue weighted by atomic mass is 9.91. The minimum absolute atomic E-state index is 0.260. The van der Waals surface area contributed by atoms with Crippen LogP contribution >= 0.6 is 0 Å². The molecule has 0 radical (unpaired) electrons. The molecule has 2 N–H and O–H groups in total. The molecular weight excluding hydrogens is 294 g/mol. The van der Waals surface area contributed by atoms with Gasteiger partial charge >= 0.3 is 6.03 Å². The van der Waals surface area contributed by atoms with Crippen LogP contribution in [-0.4, -0.2) is 50.6 Å². The van der Waals surface area contributed by atoms with Crippen LogP contribution in [0.25, 0.3) is 0 Å². The van der Waals surface area contributed by atoms with Gasteiger partial charge in [-0.3, -0.25) is 15.0 Å². The topological polar surface area (TPSA) is 70.7 Å². The van der Waals surface area contributed by atoms with E-state index in [2.05, 4.69) is 21.6 Å². The first-order valence-electron chi connectivity index (χ1n) is 7.98. The molecule has 0 unspecified atom stereocenters. The van der Waals surface area contributed by atoms with Gasteiger partial charge in [-0.1, -0.05) is 18.2 Å². The number of urea groups is 1. The molecule has 2 rings (SSSR count). The van der Waals surface area contributed by atoms with Gasteiger partial charge in [0.1, 0.15) is 5.75 Å². The summed E-state index contributed by atoms with van der Waals surface area (Å²) in [5.74, 6) is 1.15. The molecule has 3 amide bonds. The number of nitrogens with one attached hydrogen (secondary N) is 2. The number of nitrogens with zero attached hydrogens (tertiary/aromatic N) is 1. The number of ether oxygens (including phenoxy) is 1. The molecule has 1 atom stereocenters. The number of benzene rings is 1. The number of rotatable bonds is 5. The highest BCUT2D eigenvalue weighted by Crippen LogP contribution is 2.25. The molecule has 6 nitrogen and oxygen atoms in total. The molecule has 1 aliphatic rings. The van der Waals surface area contributed by atoms with Crippen molar-refractivity contribution in [1.82, 2.24) is 15.5 Å². The molecule has 0 aromatic heterocycles. The molecule has 6 heteroatoms. The monoisotopic (exact) mass is 319 g/mol. The van der Waals surface area contributed by atoms with Crippen molar-refractivity contribution in [2.24, 2.45) is 5.92 Å². The predicted molar refractivity (Wildman–Crippen MR) is 88.5 cm³/mol. The molecule has 1 aromatic rings. The van der Waals surface area contributed by atoms with Gasteiger partial charge in [-0.05, 0) is 43.4 Å². The molecule has 126 valence electrons. The third-order valence-electron chi connectivity index (χ3n) is 4.15. The number of likely N-dealkylation sites (tertiary alicyclic amines) is 1. The lowest BCUT2D eigenvalue weighted by Gasteiger charge is -2.32. The normalized spacial score (nSPS) is 18.3. The standard InChI is InChI=1S/C17H25N3O3/c1-18-17(22)19-16(21)12-20-9-5-6-13(11-20)10-14-7-3-4-8-15(14)23-2/h3-4,7-8,13H,5-6,9-12H2,1-2H3,(H2,18,19,21,22)/t13-/m1/s1. The summed E-state index contributed by atoms with van der Waals surface area (Å²) in [7, 11) is 3.18. The Balaban J connectivity index is 1.88. The molecule has 0 bridgehead atoms. The van der Waals surface area contributed by atoms with E-state index in [1.807, 2.05) is 18.2 Å². The quantitative estimate of drug-likeness (QED) is 0.861. The summed E-state index contributed by atoms with van der Waals surface area (Å²) in [5.41, 5.74) is 1.21. The first-order chi connectivity index (χ1) is 11.1. The smallest absolute Gasteiger partial charge is 0.321 e. The van der Waals surface area contributed by atoms with Gasteiger partial charge in [0.15, 0.2) is 0 Å². The van der Waals surface area contributed by atoms with Gasteiger partial charge in [-0.2, -0.15) is 0 Å². The number of hydrogen-bond acceptors (Lipinski definition) is 4. The van der Waals surface area contributed by atoms with Crippen molar-refractivity contribution >= 4 is 11.9 Å². The van der Waals surface area contributed by atoms with Crippen molar-refractivity contribution in [3.05, 3.63) is 29.8 Å². The fourth-order valence-corrected chi connectivity index (χ4v) is 3.08. The molecule has 1 saturated heterocycles. The molecule has 0 aliphatic carbocycles. The number of methoxy groups -OCH3 is 1. The van der Waals surface area contributed by atoms with Gasteiger partial charge in [-0.25, -0.2) is 4.79 Å². The Labute approximate surface area is 137 Å². The largest absolute Gasteiger partial charge is 0.496 e. The maximum Gasteiger partial charge on any atom is 0.321 e. The van der Waals surface area contributed by atoms with Gasteiger partial charge in [0.2, 0.25) is 5.91 Å². The van der Waals surface area contributed by atoms with Crippen LogP contribution in [0.5, 0.6) is 5.75 Å². The van der Waals surface area contributed by atoms with E-state index in [1.165, 1.54) is 12.6 Å². The number of amides is 3. The first kappa shape index (κ1) is 17.3. The number of carbonyl (C=O) groups is 2. The van der Waals surface area contributed by atoms with E-state index in [0.717, 1.165) is 38.1 Å². The average Bonchev–Trinajstić information content (AvgIpc) is 2.55. The first-order valence-corrected chi connectivity index (χ1v) is 7.98. The average molecular weight is 319 g/mol. The van der Waals surface area contributed by atoms with Crippen LogP contribution in [0, 0.1) is 5.92 Å². The minimum Gasteiger partial charge on any atom is -0.496 e. The van der Waals surface area contributed by atoms with E-state index >= 15 is 0 Å². The zero-order valence-corrected chi connectivity index (χ0v) is 13.8. The zero-order chi connectivity index (χ0) is 16.7. The number of carbonyl (C=O) groups excluding carboxylic acids is 2. The van der Waals surface area contributed by atoms with E-state index in [1.54, 1.807) is 7.11 Å².